The lowest BCUT2D eigenvalue weighted by atomic mass is 9.84. The second kappa shape index (κ2) is 7.57. The lowest BCUT2D eigenvalue weighted by Crippen LogP contribution is -2.48. The molecule has 0 bridgehead atoms. The molecule has 1 aliphatic carbocycles. The fraction of sp³-hybridized carbons (Fsp3) is 0.391. The summed E-state index contributed by atoms with van der Waals surface area (Å²) in [5, 5.41) is 4.63. The number of ether oxygens (including phenoxy) is 1. The van der Waals surface area contributed by atoms with Crippen molar-refractivity contribution in [3.63, 3.8) is 0 Å². The minimum atomic E-state index is -4.54. The van der Waals surface area contributed by atoms with Gasteiger partial charge in [0.1, 0.15) is 17.0 Å². The van der Waals surface area contributed by atoms with Crippen LogP contribution < -0.4 is 15.4 Å². The highest BCUT2D eigenvalue weighted by Crippen LogP contribution is 2.49. The number of hydrogen-bond donors (Lipinski definition) is 2. The summed E-state index contributed by atoms with van der Waals surface area (Å²) in [5.74, 6) is -1.31. The Bertz CT molecular complexity index is 1170. The first-order valence-electron chi connectivity index (χ1n) is 10.3. The summed E-state index contributed by atoms with van der Waals surface area (Å²) in [7, 11) is 0. The number of nitrogens with zero attached hydrogens (tertiary/aromatic N) is 1. The van der Waals surface area contributed by atoms with Gasteiger partial charge in [-0.1, -0.05) is 6.07 Å². The largest absolute Gasteiger partial charge is 0.426 e. The van der Waals surface area contributed by atoms with Crippen LogP contribution in [0.5, 0.6) is 5.75 Å². The molecule has 1 aromatic carbocycles. The average molecular weight is 461 g/mol. The van der Waals surface area contributed by atoms with Gasteiger partial charge in [0.15, 0.2) is 0 Å². The number of aryl methyl sites for hydroxylation is 1. The van der Waals surface area contributed by atoms with E-state index in [1.54, 1.807) is 19.9 Å². The number of pyridine rings is 1. The van der Waals surface area contributed by atoms with Crippen molar-refractivity contribution in [2.24, 2.45) is 0 Å². The third kappa shape index (κ3) is 4.17. The molecule has 0 spiro atoms. The molecule has 0 saturated heterocycles. The van der Waals surface area contributed by atoms with E-state index in [-0.39, 0.29) is 36.6 Å². The maximum Gasteiger partial charge on any atom is 0.411 e. The van der Waals surface area contributed by atoms with Crippen LogP contribution in [0, 0.1) is 6.92 Å². The Labute approximate surface area is 187 Å². The quantitative estimate of drug-likeness (QED) is 0.524. The van der Waals surface area contributed by atoms with E-state index < -0.39 is 28.9 Å². The highest BCUT2D eigenvalue weighted by atomic mass is 19.4. The van der Waals surface area contributed by atoms with Crippen LogP contribution in [0.3, 0.4) is 0 Å². The Morgan fingerprint density at radius 3 is 2.52 bits per heavy atom. The van der Waals surface area contributed by atoms with Crippen molar-refractivity contribution in [3.8, 4) is 5.75 Å². The Morgan fingerprint density at radius 2 is 1.88 bits per heavy atom. The van der Waals surface area contributed by atoms with Gasteiger partial charge < -0.3 is 15.4 Å². The van der Waals surface area contributed by atoms with E-state index in [0.717, 1.165) is 11.1 Å². The van der Waals surface area contributed by atoms with Crippen molar-refractivity contribution in [2.45, 2.75) is 57.2 Å². The molecule has 4 rings (SSSR count). The number of anilines is 1. The molecule has 1 aromatic heterocycles. The molecule has 2 heterocycles. The van der Waals surface area contributed by atoms with Gasteiger partial charge in [-0.2, -0.15) is 13.2 Å². The van der Waals surface area contributed by atoms with Gasteiger partial charge in [0, 0.05) is 17.4 Å². The Balaban J connectivity index is 1.45. The summed E-state index contributed by atoms with van der Waals surface area (Å²) < 4.78 is 44.6. The maximum atomic E-state index is 13.1. The van der Waals surface area contributed by atoms with Crippen molar-refractivity contribution in [2.75, 3.05) is 5.32 Å². The van der Waals surface area contributed by atoms with Crippen LogP contribution in [0.15, 0.2) is 30.5 Å². The van der Waals surface area contributed by atoms with Crippen LogP contribution in [-0.2, 0) is 21.4 Å². The van der Waals surface area contributed by atoms with Gasteiger partial charge in [0.2, 0.25) is 5.91 Å². The number of carbonyl (C=O) groups is 3. The predicted molar refractivity (Wildman–Crippen MR) is 112 cm³/mol. The summed E-state index contributed by atoms with van der Waals surface area (Å²) in [6.07, 6.45) is -3.68. The zero-order chi connectivity index (χ0) is 24.2. The lowest BCUT2D eigenvalue weighted by Gasteiger charge is -2.20. The summed E-state index contributed by atoms with van der Waals surface area (Å²) >= 11 is 0. The molecule has 10 heteroatoms. The highest BCUT2D eigenvalue weighted by molar-refractivity contribution is 5.97. The van der Waals surface area contributed by atoms with E-state index in [4.69, 9.17) is 4.74 Å². The number of aromatic nitrogens is 1. The Kier molecular flexibility index (Phi) is 5.22. The molecule has 2 aliphatic rings. The number of amides is 2. The summed E-state index contributed by atoms with van der Waals surface area (Å²) in [5.41, 5.74) is -0.744. The fourth-order valence-corrected chi connectivity index (χ4v) is 3.73. The number of alkyl halides is 3. The first kappa shape index (κ1) is 22.8. The molecule has 1 fully saturated rings. The van der Waals surface area contributed by atoms with Crippen LogP contribution in [0.4, 0.5) is 18.9 Å². The van der Waals surface area contributed by atoms with E-state index in [1.165, 1.54) is 18.3 Å². The lowest BCUT2D eigenvalue weighted by molar-refractivity contribution is -0.163. The summed E-state index contributed by atoms with van der Waals surface area (Å²) in [6.45, 7) is 5.36. The molecule has 7 nitrogen and oxygen atoms in total. The van der Waals surface area contributed by atoms with Gasteiger partial charge in [-0.3, -0.25) is 19.4 Å². The zero-order valence-electron chi connectivity index (χ0n) is 18.2. The van der Waals surface area contributed by atoms with Crippen molar-refractivity contribution in [1.29, 1.82) is 0 Å². The van der Waals surface area contributed by atoms with Crippen LogP contribution >= 0.6 is 0 Å². The van der Waals surface area contributed by atoms with Gasteiger partial charge in [0.25, 0.3) is 5.91 Å². The average Bonchev–Trinajstić information content (AvgIpc) is 3.47. The first-order valence-corrected chi connectivity index (χ1v) is 10.3. The predicted octanol–water partition coefficient (Wildman–Crippen LogP) is 3.59. The Morgan fingerprint density at radius 1 is 1.18 bits per heavy atom. The van der Waals surface area contributed by atoms with E-state index >= 15 is 0 Å². The molecule has 1 saturated carbocycles. The van der Waals surface area contributed by atoms with E-state index in [1.807, 2.05) is 18.3 Å². The van der Waals surface area contributed by atoms with Crippen molar-refractivity contribution in [1.82, 2.24) is 10.3 Å². The van der Waals surface area contributed by atoms with E-state index in [2.05, 4.69) is 10.3 Å². The van der Waals surface area contributed by atoms with Crippen LogP contribution in [0.25, 0.3) is 0 Å². The number of hydrogen-bond acceptors (Lipinski definition) is 5. The normalized spacial score (nSPS) is 17.7. The molecule has 33 heavy (non-hydrogen) atoms. The molecule has 2 amide bonds. The number of nitrogens with one attached hydrogen (secondary N) is 2. The molecule has 0 unspecified atom stereocenters. The van der Waals surface area contributed by atoms with Crippen molar-refractivity contribution >= 4 is 23.5 Å². The van der Waals surface area contributed by atoms with Crippen LogP contribution in [0.2, 0.25) is 0 Å². The smallest absolute Gasteiger partial charge is 0.411 e. The second-order valence-corrected chi connectivity index (χ2v) is 8.98. The number of fused-ring (bicyclic) bond motifs is 1. The second-order valence-electron chi connectivity index (χ2n) is 8.98. The topological polar surface area (TPSA) is 97.4 Å². The first-order chi connectivity index (χ1) is 15.3. The highest BCUT2D eigenvalue weighted by Gasteiger charge is 2.64. The molecular weight excluding hydrogens is 439 g/mol. The van der Waals surface area contributed by atoms with Gasteiger partial charge in [0.05, 0.1) is 11.8 Å². The molecule has 2 N–H and O–H groups in total. The van der Waals surface area contributed by atoms with Crippen LogP contribution in [-0.4, -0.2) is 34.5 Å². The molecular formula is C23H22F3N3O4. The van der Waals surface area contributed by atoms with Gasteiger partial charge in [-0.05, 0) is 62.9 Å². The number of carbonyl (C=O) groups excluding carboxylic acids is 3. The van der Waals surface area contributed by atoms with Gasteiger partial charge in [-0.25, -0.2) is 0 Å². The standard InChI is InChI=1S/C23H22F3N3O4/c1-12-8-15-17(33-20(32)21(15,2)3)9-13(12)10-18(30)28-14-4-7-27-16(11-14)19(31)29-22(5-6-22)23(24,25)26/h4,7-9,11H,5-6,10H2,1-3H3,(H,29,31)(H,27,28,30). The molecule has 0 atom stereocenters. The molecule has 0 radical (unpaired) electrons. The number of halogens is 3. The summed E-state index contributed by atoms with van der Waals surface area (Å²) in [6, 6.07) is 6.14. The third-order valence-corrected chi connectivity index (χ3v) is 6.10. The van der Waals surface area contributed by atoms with Crippen LogP contribution in [0.1, 0.15) is 53.9 Å². The molecule has 1 aliphatic heterocycles. The minimum absolute atomic E-state index is 0.0296. The maximum absolute atomic E-state index is 13.1. The van der Waals surface area contributed by atoms with Gasteiger partial charge in [-0.15, -0.1) is 0 Å². The Hall–Kier alpha value is -3.43. The fourth-order valence-electron chi connectivity index (χ4n) is 3.73. The minimum Gasteiger partial charge on any atom is -0.426 e. The summed E-state index contributed by atoms with van der Waals surface area (Å²) in [4.78, 5) is 40.8. The van der Waals surface area contributed by atoms with E-state index in [9.17, 15) is 27.6 Å². The molecule has 174 valence electrons. The molecule has 2 aromatic rings. The number of benzene rings is 1. The van der Waals surface area contributed by atoms with Crippen molar-refractivity contribution < 1.29 is 32.3 Å². The number of rotatable bonds is 5. The van der Waals surface area contributed by atoms with Crippen molar-refractivity contribution in [3.05, 3.63) is 52.8 Å². The van der Waals surface area contributed by atoms with E-state index in [0.29, 0.717) is 11.3 Å². The van der Waals surface area contributed by atoms with Gasteiger partial charge >= 0.3 is 12.1 Å². The third-order valence-electron chi connectivity index (χ3n) is 6.10. The monoisotopic (exact) mass is 461 g/mol. The SMILES string of the molecule is Cc1cc2c(cc1CC(=O)Nc1ccnc(C(=O)NC3(C(F)(F)F)CC3)c1)OC(=O)C2(C)C. The zero-order valence-corrected chi connectivity index (χ0v) is 18.2. The number of esters is 1.